The van der Waals surface area contributed by atoms with Crippen LogP contribution in [0.2, 0.25) is 0 Å². The monoisotopic (exact) mass is 1170 g/mol. The van der Waals surface area contributed by atoms with Gasteiger partial charge in [-0.3, -0.25) is 52.7 Å². The quantitative estimate of drug-likeness (QED) is 0.177. The van der Waals surface area contributed by atoms with Gasteiger partial charge >= 0.3 is 0 Å². The van der Waals surface area contributed by atoms with E-state index in [1.54, 1.807) is 61.5 Å². The number of amides is 11. The number of allylic oxidation sites excluding steroid dienone is 2. The molecule has 1 heterocycles. The van der Waals surface area contributed by atoms with Crippen LogP contribution in [-0.2, 0) is 52.7 Å². The van der Waals surface area contributed by atoms with Crippen molar-refractivity contribution in [3.8, 4) is 0 Å². The Labute approximate surface area is 496 Å². The smallest absolute Gasteiger partial charge is 0.249 e. The number of likely N-dealkylation sites (N-methyl/N-ethyl adjacent to an activating group) is 7. The molecular weight excluding hydrogens is 1070 g/mol. The van der Waals surface area contributed by atoms with Gasteiger partial charge < -0.3 is 60.7 Å². The van der Waals surface area contributed by atoms with Crippen molar-refractivity contribution in [2.75, 3.05) is 55.9 Å². The highest BCUT2D eigenvalue weighted by molar-refractivity contribution is 5.99. The van der Waals surface area contributed by atoms with Crippen LogP contribution in [0.15, 0.2) is 12.2 Å². The summed E-state index contributed by atoms with van der Waals surface area (Å²) in [6, 6.07) is -10.2. The molecule has 23 heteroatoms. The van der Waals surface area contributed by atoms with Crippen molar-refractivity contribution < 1.29 is 57.8 Å². The molecule has 1 fully saturated rings. The van der Waals surface area contributed by atoms with Gasteiger partial charge in [-0.15, -0.1) is 0 Å². The Kier molecular flexibility index (Phi) is 29.6. The van der Waals surface area contributed by atoms with Gasteiger partial charge in [0.05, 0.1) is 12.6 Å². The molecule has 1 rings (SSSR count). The molecule has 0 radical (unpaired) electrons. The summed E-state index contributed by atoms with van der Waals surface area (Å²) in [5.74, 6) is -9.86. The molecule has 1 aliphatic rings. The lowest BCUT2D eigenvalue weighted by atomic mass is 9.81. The maximum Gasteiger partial charge on any atom is 0.249 e. The van der Waals surface area contributed by atoms with E-state index < -0.39 is 161 Å². The van der Waals surface area contributed by atoms with Crippen LogP contribution in [0.4, 0.5) is 0 Å². The molecule has 0 saturated carbocycles. The van der Waals surface area contributed by atoms with Crippen molar-refractivity contribution in [1.82, 2.24) is 55.6 Å². The largest absolute Gasteiger partial charge is 0.390 e. The van der Waals surface area contributed by atoms with Gasteiger partial charge in [0.25, 0.3) is 0 Å². The Morgan fingerprint density at radius 3 is 1.61 bits per heavy atom. The van der Waals surface area contributed by atoms with Crippen LogP contribution >= 0.6 is 0 Å². The minimum absolute atomic E-state index is 0.0201. The zero-order chi connectivity index (χ0) is 64.6. The first kappa shape index (κ1) is 74.9. The second-order valence-electron chi connectivity index (χ2n) is 24.8. The Hall–Kier alpha value is -6.13. The fourth-order valence-electron chi connectivity index (χ4n) is 10.5. The Morgan fingerprint density at radius 1 is 0.590 bits per heavy atom. The van der Waals surface area contributed by atoms with Crippen molar-refractivity contribution in [3.63, 3.8) is 0 Å². The van der Waals surface area contributed by atoms with Crippen molar-refractivity contribution in [3.05, 3.63) is 12.2 Å². The number of rotatable bonds is 12. The molecule has 13 atom stereocenters. The summed E-state index contributed by atoms with van der Waals surface area (Å²) in [7, 11) is 9.96. The second-order valence-corrected chi connectivity index (χ2v) is 24.8. The van der Waals surface area contributed by atoms with Crippen LogP contribution in [0.1, 0.15) is 150 Å². The molecule has 1 saturated heterocycles. The highest BCUT2D eigenvalue weighted by Crippen LogP contribution is 2.30. The first-order valence-electron chi connectivity index (χ1n) is 29.6. The first-order valence-corrected chi connectivity index (χ1v) is 29.6. The van der Waals surface area contributed by atoms with E-state index in [4.69, 9.17) is 0 Å². The zero-order valence-electron chi connectivity index (χ0n) is 54.7. The van der Waals surface area contributed by atoms with Crippen molar-refractivity contribution >= 4 is 65.0 Å². The minimum atomic E-state index is -2.07. The number of aliphatic hydroxyl groups is 1. The van der Waals surface area contributed by atoms with E-state index >= 15 is 4.79 Å². The molecule has 1 aliphatic heterocycles. The van der Waals surface area contributed by atoms with Crippen LogP contribution in [0.25, 0.3) is 0 Å². The number of hydrogen-bond donors (Lipinski definition) is 5. The third kappa shape index (κ3) is 18.9. The molecule has 0 aromatic heterocycles. The third-order valence-corrected chi connectivity index (χ3v) is 16.9. The summed E-state index contributed by atoms with van der Waals surface area (Å²) in [4.78, 5) is 167. The van der Waals surface area contributed by atoms with Gasteiger partial charge in [0, 0.05) is 61.8 Å². The van der Waals surface area contributed by atoms with Crippen LogP contribution < -0.4 is 21.3 Å². The van der Waals surface area contributed by atoms with Gasteiger partial charge in [-0.1, -0.05) is 102 Å². The minimum Gasteiger partial charge on any atom is -0.390 e. The highest BCUT2D eigenvalue weighted by atomic mass is 16.3. The second kappa shape index (κ2) is 32.8. The Balaban J connectivity index is 4.20. The number of aliphatic hydroxyl groups excluding tert-OH is 1. The molecule has 0 aliphatic carbocycles. The van der Waals surface area contributed by atoms with E-state index in [0.29, 0.717) is 12.8 Å². The average Bonchev–Trinajstić information content (AvgIpc) is 3.59. The Morgan fingerprint density at radius 2 is 1.13 bits per heavy atom. The van der Waals surface area contributed by atoms with Gasteiger partial charge in [-0.2, -0.15) is 0 Å². The lowest BCUT2D eigenvalue weighted by Gasteiger charge is -2.46. The number of carbonyl (C=O) groups is 11. The van der Waals surface area contributed by atoms with Crippen molar-refractivity contribution in [1.29, 1.82) is 0 Å². The molecule has 23 nitrogen and oxygen atoms in total. The molecule has 83 heavy (non-hydrogen) atoms. The highest BCUT2D eigenvalue weighted by Gasteiger charge is 2.51. The maximum atomic E-state index is 15.1. The van der Waals surface area contributed by atoms with Gasteiger partial charge in [-0.05, 0) is 89.4 Å². The lowest BCUT2D eigenvalue weighted by Crippen LogP contribution is -2.69. The number of nitrogens with zero attached hydrogens (tertiary/aromatic N) is 7. The van der Waals surface area contributed by atoms with E-state index in [0.717, 1.165) is 9.80 Å². The van der Waals surface area contributed by atoms with Gasteiger partial charge in [0.1, 0.15) is 53.9 Å². The topological polar surface area (TPSA) is 279 Å². The van der Waals surface area contributed by atoms with Crippen LogP contribution in [0.3, 0.4) is 0 Å². The van der Waals surface area contributed by atoms with Gasteiger partial charge in [-0.25, -0.2) is 0 Å². The molecule has 0 aromatic carbocycles. The molecule has 5 N–H and O–H groups in total. The normalized spacial score (nSPS) is 28.6. The van der Waals surface area contributed by atoms with E-state index in [1.807, 2.05) is 40.7 Å². The molecule has 0 bridgehead atoms. The van der Waals surface area contributed by atoms with E-state index in [-0.39, 0.29) is 31.1 Å². The molecule has 0 spiro atoms. The van der Waals surface area contributed by atoms with Crippen LogP contribution in [0.5, 0.6) is 0 Å². The molecule has 11 amide bonds. The summed E-state index contributed by atoms with van der Waals surface area (Å²) >= 11 is 0. The maximum absolute atomic E-state index is 15.1. The van der Waals surface area contributed by atoms with Crippen molar-refractivity contribution in [2.45, 2.75) is 216 Å². The van der Waals surface area contributed by atoms with Crippen LogP contribution in [0, 0.1) is 35.5 Å². The third-order valence-electron chi connectivity index (χ3n) is 16.9. The van der Waals surface area contributed by atoms with Gasteiger partial charge in [0.15, 0.2) is 0 Å². The first-order chi connectivity index (χ1) is 38.2. The van der Waals surface area contributed by atoms with E-state index in [1.165, 1.54) is 102 Å². The SMILES string of the molecule is CC=CC[C@@H](C)[C@@H](O)[C@@]1(C)C(=O)N[C@@H](CC)C(=O)N(C)CC(=O)N(C)[C@@H]([C@@H](C)CC)C(=O)N[C@@H](C(C)C)C(=O)N(C)[C@@H](CC(C)C)C(=O)N[C@@H](C)C(=O)N[C@H](C)C(=O)N(C)[C@@H](C)C(=O)N(C)[C@@H](C(C)C)CC(=O)N(C)[C@@H](C(C)C)C(=O)N1C. The molecule has 0 unspecified atom stereocenters. The number of hydrogen-bond acceptors (Lipinski definition) is 12. The summed E-state index contributed by atoms with van der Waals surface area (Å²) in [6.07, 6.45) is 2.73. The van der Waals surface area contributed by atoms with Gasteiger partial charge in [0.2, 0.25) is 65.0 Å². The number of nitrogens with one attached hydrogen (secondary N) is 4. The fourth-order valence-corrected chi connectivity index (χ4v) is 10.5. The summed E-state index contributed by atoms with van der Waals surface area (Å²) < 4.78 is 0. The molecular formula is C60H107N11O12. The van der Waals surface area contributed by atoms with E-state index in [2.05, 4.69) is 21.3 Å². The number of carbonyl (C=O) groups excluding carboxylic acids is 11. The summed E-state index contributed by atoms with van der Waals surface area (Å²) in [5.41, 5.74) is -2.07. The predicted molar refractivity (Wildman–Crippen MR) is 319 cm³/mol. The predicted octanol–water partition coefficient (Wildman–Crippen LogP) is 2.63. The van der Waals surface area contributed by atoms with E-state index in [9.17, 15) is 53.1 Å². The summed E-state index contributed by atoms with van der Waals surface area (Å²) in [6.45, 7) is 28.3. The fraction of sp³-hybridized carbons (Fsp3) is 0.783. The Bertz CT molecular complexity index is 2310. The zero-order valence-corrected chi connectivity index (χ0v) is 54.7. The van der Waals surface area contributed by atoms with Crippen LogP contribution in [-0.4, -0.2) is 226 Å². The molecule has 474 valence electrons. The van der Waals surface area contributed by atoms with Crippen molar-refractivity contribution in [2.24, 2.45) is 35.5 Å². The average molecular weight is 1170 g/mol. The standard InChI is InChI=1S/C60H107N11O12/c1-25-28-29-38(13)50(74)60(17)59(83)63-42(27-3)56(80)65(18)32-46(73)70(23)49(37(12)26-2)53(77)64-47(35(8)9)57(81)68(21)44(30-33(4)5)52(76)61-39(14)51(75)62-40(15)54(78)66(19)41(16)55(79)67(20)43(34(6)7)31-45(72)69(22)48(36(10)11)58(82)71(60)24/h25,28,33-44,47-50,74H,26-27,29-32H2,1-24H3,(H,61,76)(H,62,75)(H,63,83)(H,64,77)/t37-,38+,39-,40+,41-,42-,43+,44-,47-,48-,49-,50+,60-/m0/s1. The lowest BCUT2D eigenvalue weighted by molar-refractivity contribution is -0.162. The molecule has 0 aromatic rings. The summed E-state index contributed by atoms with van der Waals surface area (Å²) in [5, 5.41) is 23.2.